The number of para-hydroxylation sites is 2. The number of phenols is 2. The van der Waals surface area contributed by atoms with E-state index >= 15 is 0 Å². The lowest BCUT2D eigenvalue weighted by atomic mass is 10.1. The molecule has 130 valence electrons. The average molecular weight is 352 g/mol. The van der Waals surface area contributed by atoms with Gasteiger partial charge in [0.15, 0.2) is 11.4 Å². The Kier molecular flexibility index (Phi) is 3.33. The Labute approximate surface area is 157 Å². The number of hydrogen-bond acceptors (Lipinski definition) is 2. The molecule has 1 heterocycles. The summed E-state index contributed by atoms with van der Waals surface area (Å²) in [7, 11) is 0. The van der Waals surface area contributed by atoms with Crippen LogP contribution in [0.25, 0.3) is 11.1 Å². The zero-order valence-electron chi connectivity index (χ0n) is 14.6. The predicted molar refractivity (Wildman–Crippen MR) is 109 cm³/mol. The number of hydrogen-bond donors (Lipinski definition) is 2. The van der Waals surface area contributed by atoms with E-state index in [0.717, 1.165) is 22.7 Å². The number of quaternary nitrogens is 1. The molecule has 0 atom stereocenters. The molecule has 0 spiro atoms. The molecule has 3 nitrogen and oxygen atoms in total. The molecule has 5 rings (SSSR count). The van der Waals surface area contributed by atoms with Crippen molar-refractivity contribution in [3.63, 3.8) is 0 Å². The fourth-order valence-electron chi connectivity index (χ4n) is 4.18. The minimum atomic E-state index is 0.239. The molecule has 0 aliphatic carbocycles. The third-order valence-electron chi connectivity index (χ3n) is 5.29. The quantitative estimate of drug-likeness (QED) is 0.362. The Morgan fingerprint density at radius 3 is 1.22 bits per heavy atom. The summed E-state index contributed by atoms with van der Waals surface area (Å²) in [6.07, 6.45) is 0. The minimum absolute atomic E-state index is 0.239. The van der Waals surface area contributed by atoms with E-state index in [9.17, 15) is 10.2 Å². The molecule has 1 aliphatic rings. The number of nitrogens with zero attached hydrogens (tertiary/aromatic N) is 1. The van der Waals surface area contributed by atoms with Crippen LogP contribution in [-0.2, 0) is 0 Å². The van der Waals surface area contributed by atoms with Crippen molar-refractivity contribution in [2.75, 3.05) is 0 Å². The summed E-state index contributed by atoms with van der Waals surface area (Å²) in [5.41, 5.74) is 6.72. The van der Waals surface area contributed by atoms with Crippen molar-refractivity contribution in [1.29, 1.82) is 0 Å². The summed E-state index contributed by atoms with van der Waals surface area (Å²) < 4.78 is 0.410. The van der Waals surface area contributed by atoms with Gasteiger partial charge in [0.25, 0.3) is 0 Å². The average Bonchev–Trinajstić information content (AvgIpc) is 3.01. The van der Waals surface area contributed by atoms with Crippen LogP contribution in [0.15, 0.2) is 97.1 Å². The van der Waals surface area contributed by atoms with Crippen molar-refractivity contribution in [2.24, 2.45) is 0 Å². The Hall–Kier alpha value is -3.56. The van der Waals surface area contributed by atoms with Gasteiger partial charge in [0, 0.05) is 36.4 Å². The second kappa shape index (κ2) is 5.73. The second-order valence-corrected chi connectivity index (χ2v) is 6.74. The zero-order valence-corrected chi connectivity index (χ0v) is 14.6. The molecule has 4 aromatic carbocycles. The molecule has 1 aliphatic heterocycles. The first kappa shape index (κ1) is 15.7. The first-order valence-electron chi connectivity index (χ1n) is 8.89. The number of benzene rings is 4. The van der Waals surface area contributed by atoms with E-state index in [-0.39, 0.29) is 11.5 Å². The Bertz CT molecular complexity index is 1040. The number of rotatable bonds is 2. The normalized spacial score (nSPS) is 13.8. The topological polar surface area (TPSA) is 40.5 Å². The Morgan fingerprint density at radius 2 is 0.815 bits per heavy atom. The summed E-state index contributed by atoms with van der Waals surface area (Å²) in [6.45, 7) is 0. The minimum Gasteiger partial charge on any atom is -0.508 e. The Morgan fingerprint density at radius 1 is 0.444 bits per heavy atom. The van der Waals surface area contributed by atoms with Crippen molar-refractivity contribution in [3.8, 4) is 22.6 Å². The van der Waals surface area contributed by atoms with E-state index in [1.54, 1.807) is 24.3 Å². The lowest BCUT2D eigenvalue weighted by Gasteiger charge is -2.34. The van der Waals surface area contributed by atoms with Gasteiger partial charge in [-0.2, -0.15) is 4.48 Å². The first-order chi connectivity index (χ1) is 13.2. The number of aromatic hydroxyl groups is 2. The maximum Gasteiger partial charge on any atom is 0.156 e. The fourth-order valence-corrected chi connectivity index (χ4v) is 4.18. The number of fused-ring (bicyclic) bond motifs is 3. The first-order valence-corrected chi connectivity index (χ1v) is 8.89. The van der Waals surface area contributed by atoms with Crippen LogP contribution in [0.5, 0.6) is 11.5 Å². The molecule has 0 saturated carbocycles. The van der Waals surface area contributed by atoms with Gasteiger partial charge in [-0.1, -0.05) is 24.3 Å². The van der Waals surface area contributed by atoms with Crippen LogP contribution in [0.2, 0.25) is 0 Å². The molecule has 0 unspecified atom stereocenters. The highest BCUT2D eigenvalue weighted by Gasteiger charge is 2.47. The van der Waals surface area contributed by atoms with Crippen molar-refractivity contribution in [1.82, 2.24) is 4.48 Å². The largest absolute Gasteiger partial charge is 0.508 e. The van der Waals surface area contributed by atoms with Crippen LogP contribution in [0.4, 0.5) is 22.7 Å². The van der Waals surface area contributed by atoms with E-state index in [4.69, 9.17) is 0 Å². The van der Waals surface area contributed by atoms with E-state index in [2.05, 4.69) is 48.5 Å². The Balaban J connectivity index is 1.94. The highest BCUT2D eigenvalue weighted by Crippen LogP contribution is 2.62. The van der Waals surface area contributed by atoms with Gasteiger partial charge in [0.1, 0.15) is 22.9 Å². The molecule has 0 amide bonds. The summed E-state index contributed by atoms with van der Waals surface area (Å²) in [4.78, 5) is 0. The predicted octanol–water partition coefficient (Wildman–Crippen LogP) is 6.38. The molecular formula is C24H18NO2+. The fraction of sp³-hybridized carbons (Fsp3) is 0. The van der Waals surface area contributed by atoms with Crippen molar-refractivity contribution >= 4 is 22.7 Å². The third-order valence-corrected chi connectivity index (χ3v) is 5.29. The van der Waals surface area contributed by atoms with Crippen LogP contribution in [-0.4, -0.2) is 10.2 Å². The van der Waals surface area contributed by atoms with E-state index in [1.165, 1.54) is 11.1 Å². The number of phenolic OH excluding ortho intramolecular Hbond substituents is 2. The van der Waals surface area contributed by atoms with Crippen LogP contribution >= 0.6 is 0 Å². The van der Waals surface area contributed by atoms with Crippen molar-refractivity contribution < 1.29 is 10.2 Å². The SMILES string of the molecule is Oc1ccc([N+]2(c3ccc(O)cc3)c3ccccc3-c3ccccc32)cc1. The van der Waals surface area contributed by atoms with E-state index in [0.29, 0.717) is 4.48 Å². The van der Waals surface area contributed by atoms with Crippen LogP contribution in [0.3, 0.4) is 0 Å². The van der Waals surface area contributed by atoms with Gasteiger partial charge in [0.05, 0.1) is 11.1 Å². The molecule has 27 heavy (non-hydrogen) atoms. The molecule has 0 aromatic heterocycles. The summed E-state index contributed by atoms with van der Waals surface area (Å²) >= 11 is 0. The van der Waals surface area contributed by atoms with Crippen LogP contribution < -0.4 is 4.48 Å². The summed E-state index contributed by atoms with van der Waals surface area (Å²) in [5.74, 6) is 0.478. The molecule has 0 radical (unpaired) electrons. The highest BCUT2D eigenvalue weighted by molar-refractivity contribution is 6.02. The van der Waals surface area contributed by atoms with E-state index in [1.807, 2.05) is 24.3 Å². The lowest BCUT2D eigenvalue weighted by Crippen LogP contribution is -2.30. The van der Waals surface area contributed by atoms with Gasteiger partial charge < -0.3 is 10.2 Å². The lowest BCUT2D eigenvalue weighted by molar-refractivity contribution is 0.475. The van der Waals surface area contributed by atoms with Crippen LogP contribution in [0, 0.1) is 0 Å². The van der Waals surface area contributed by atoms with Crippen LogP contribution in [0.1, 0.15) is 0 Å². The molecule has 0 fully saturated rings. The molecule has 0 bridgehead atoms. The zero-order chi connectivity index (χ0) is 18.4. The molecular weight excluding hydrogens is 334 g/mol. The summed E-state index contributed by atoms with van der Waals surface area (Å²) in [5, 5.41) is 19.7. The second-order valence-electron chi connectivity index (χ2n) is 6.74. The van der Waals surface area contributed by atoms with Gasteiger partial charge in [-0.05, 0) is 36.4 Å². The third kappa shape index (κ3) is 2.12. The van der Waals surface area contributed by atoms with Crippen molar-refractivity contribution in [2.45, 2.75) is 0 Å². The van der Waals surface area contributed by atoms with Gasteiger partial charge in [-0.3, -0.25) is 0 Å². The van der Waals surface area contributed by atoms with Gasteiger partial charge in [-0.25, -0.2) is 0 Å². The monoisotopic (exact) mass is 352 g/mol. The van der Waals surface area contributed by atoms with Gasteiger partial charge in [0.2, 0.25) is 0 Å². The molecule has 4 aromatic rings. The molecule has 0 saturated heterocycles. The molecule has 2 N–H and O–H groups in total. The van der Waals surface area contributed by atoms with E-state index < -0.39 is 0 Å². The smallest absolute Gasteiger partial charge is 0.156 e. The van der Waals surface area contributed by atoms with Gasteiger partial charge in [-0.15, -0.1) is 0 Å². The standard InChI is InChI=1S/C24H17NO2/c26-19-13-9-17(10-14-19)25(18-11-15-20(27)16-12-18)23-7-3-1-5-21(23)22-6-2-4-8-24(22)25/h1-16H,(H-,26,27)/p+1. The van der Waals surface area contributed by atoms with Crippen molar-refractivity contribution in [3.05, 3.63) is 97.1 Å². The molecule has 3 heteroatoms. The maximum absolute atomic E-state index is 9.84. The van der Waals surface area contributed by atoms with Gasteiger partial charge >= 0.3 is 0 Å². The maximum atomic E-state index is 9.84. The summed E-state index contributed by atoms with van der Waals surface area (Å²) in [6, 6.07) is 31.5. The highest BCUT2D eigenvalue weighted by atomic mass is 16.3.